The summed E-state index contributed by atoms with van der Waals surface area (Å²) >= 11 is 0. The van der Waals surface area contributed by atoms with Gasteiger partial charge in [-0.1, -0.05) is 26.0 Å². The number of aliphatic hydroxyl groups is 1. The van der Waals surface area contributed by atoms with Crippen LogP contribution in [0.25, 0.3) is 0 Å². The smallest absolute Gasteiger partial charge is 0.118 e. The van der Waals surface area contributed by atoms with Gasteiger partial charge in [0, 0.05) is 12.1 Å². The molecular weight excluding hydrogens is 250 g/mol. The highest BCUT2D eigenvalue weighted by molar-refractivity contribution is 5.28. The van der Waals surface area contributed by atoms with Crippen LogP contribution in [-0.4, -0.2) is 23.9 Å². The highest BCUT2D eigenvalue weighted by Crippen LogP contribution is 2.60. The second-order valence-corrected chi connectivity index (χ2v) is 6.88. The number of methoxy groups -OCH3 is 1. The van der Waals surface area contributed by atoms with Crippen LogP contribution < -0.4 is 10.1 Å². The molecule has 0 aliphatic heterocycles. The van der Waals surface area contributed by atoms with Gasteiger partial charge in [0.05, 0.1) is 13.2 Å². The van der Waals surface area contributed by atoms with E-state index in [2.05, 4.69) is 31.3 Å². The lowest BCUT2D eigenvalue weighted by Gasteiger charge is -2.41. The maximum atomic E-state index is 10.5. The standard InChI is InChI=1S/C17H25NO2/c1-16(2)13-8-9-17(16,15(19)10-13)18-11-12-4-6-14(20-3)7-5-12/h4-7,13,15,18-19H,8-11H2,1-3H3/t13-,15-,17-/m1/s1. The van der Waals surface area contributed by atoms with E-state index in [4.69, 9.17) is 4.74 Å². The molecular formula is C17H25NO2. The molecule has 1 aromatic rings. The first-order chi connectivity index (χ1) is 9.49. The summed E-state index contributed by atoms with van der Waals surface area (Å²) in [5.41, 5.74) is 1.30. The van der Waals surface area contributed by atoms with E-state index in [9.17, 15) is 5.11 Å². The van der Waals surface area contributed by atoms with Gasteiger partial charge in [-0.2, -0.15) is 0 Å². The maximum absolute atomic E-state index is 10.5. The number of nitrogens with one attached hydrogen (secondary N) is 1. The number of aliphatic hydroxyl groups excluding tert-OH is 1. The molecule has 3 rings (SSSR count). The lowest BCUT2D eigenvalue weighted by atomic mass is 9.75. The monoisotopic (exact) mass is 275 g/mol. The molecule has 0 unspecified atom stereocenters. The van der Waals surface area contributed by atoms with Gasteiger partial charge >= 0.3 is 0 Å². The van der Waals surface area contributed by atoms with Crippen molar-refractivity contribution in [1.82, 2.24) is 5.32 Å². The Morgan fingerprint density at radius 2 is 2.00 bits per heavy atom. The maximum Gasteiger partial charge on any atom is 0.118 e. The van der Waals surface area contributed by atoms with Gasteiger partial charge in [-0.3, -0.25) is 0 Å². The summed E-state index contributed by atoms with van der Waals surface area (Å²) in [5.74, 6) is 1.54. The minimum Gasteiger partial charge on any atom is -0.497 e. The first-order valence-corrected chi connectivity index (χ1v) is 7.55. The molecule has 0 heterocycles. The summed E-state index contributed by atoms with van der Waals surface area (Å²) in [7, 11) is 1.68. The fourth-order valence-corrected chi connectivity index (χ4v) is 4.37. The van der Waals surface area contributed by atoms with Crippen molar-refractivity contribution in [1.29, 1.82) is 0 Å². The molecule has 2 bridgehead atoms. The van der Waals surface area contributed by atoms with Crippen molar-refractivity contribution in [2.45, 2.75) is 51.3 Å². The van der Waals surface area contributed by atoms with Crippen molar-refractivity contribution in [2.75, 3.05) is 7.11 Å². The molecule has 3 atom stereocenters. The number of hydrogen-bond acceptors (Lipinski definition) is 3. The van der Waals surface area contributed by atoms with E-state index in [1.807, 2.05) is 12.1 Å². The molecule has 110 valence electrons. The molecule has 2 aliphatic rings. The molecule has 2 fully saturated rings. The highest BCUT2D eigenvalue weighted by atomic mass is 16.5. The zero-order chi connectivity index (χ0) is 14.4. The van der Waals surface area contributed by atoms with E-state index in [1.54, 1.807) is 7.11 Å². The summed E-state index contributed by atoms with van der Waals surface area (Å²) in [6.45, 7) is 5.42. The fourth-order valence-electron chi connectivity index (χ4n) is 4.37. The normalized spacial score (nSPS) is 34.4. The Morgan fingerprint density at radius 1 is 1.30 bits per heavy atom. The van der Waals surface area contributed by atoms with Crippen LogP contribution in [0.3, 0.4) is 0 Å². The zero-order valence-corrected chi connectivity index (χ0v) is 12.6. The molecule has 20 heavy (non-hydrogen) atoms. The number of ether oxygens (including phenoxy) is 1. The average Bonchev–Trinajstić information content (AvgIpc) is 2.80. The second kappa shape index (κ2) is 4.74. The van der Waals surface area contributed by atoms with Crippen LogP contribution in [0.4, 0.5) is 0 Å². The molecule has 0 aromatic heterocycles. The van der Waals surface area contributed by atoms with Crippen molar-refractivity contribution >= 4 is 0 Å². The number of rotatable bonds is 4. The third-order valence-electron chi connectivity index (χ3n) is 5.90. The molecule has 2 aliphatic carbocycles. The van der Waals surface area contributed by atoms with Gasteiger partial charge in [0.1, 0.15) is 5.75 Å². The summed E-state index contributed by atoms with van der Waals surface area (Å²) in [6, 6.07) is 8.15. The van der Waals surface area contributed by atoms with E-state index in [-0.39, 0.29) is 17.1 Å². The van der Waals surface area contributed by atoms with Crippen LogP contribution in [0, 0.1) is 11.3 Å². The van der Waals surface area contributed by atoms with Gasteiger partial charge in [0.25, 0.3) is 0 Å². The van der Waals surface area contributed by atoms with Crippen molar-refractivity contribution in [3.05, 3.63) is 29.8 Å². The van der Waals surface area contributed by atoms with Gasteiger partial charge in [0.15, 0.2) is 0 Å². The predicted molar refractivity (Wildman–Crippen MR) is 79.7 cm³/mol. The highest BCUT2D eigenvalue weighted by Gasteiger charge is 2.63. The molecule has 2 saturated carbocycles. The van der Waals surface area contributed by atoms with Crippen LogP contribution in [0.15, 0.2) is 24.3 Å². The van der Waals surface area contributed by atoms with Gasteiger partial charge in [-0.05, 0) is 48.3 Å². The number of fused-ring (bicyclic) bond motifs is 2. The quantitative estimate of drug-likeness (QED) is 0.888. The lowest BCUT2D eigenvalue weighted by molar-refractivity contribution is 0.0366. The first-order valence-electron chi connectivity index (χ1n) is 7.55. The van der Waals surface area contributed by atoms with Crippen LogP contribution >= 0.6 is 0 Å². The minimum atomic E-state index is -0.213. The molecule has 3 nitrogen and oxygen atoms in total. The molecule has 0 radical (unpaired) electrons. The van der Waals surface area contributed by atoms with Gasteiger partial charge in [0.2, 0.25) is 0 Å². The summed E-state index contributed by atoms with van der Waals surface area (Å²) in [6.07, 6.45) is 3.05. The van der Waals surface area contributed by atoms with Gasteiger partial charge in [-0.25, -0.2) is 0 Å². The summed E-state index contributed by atoms with van der Waals surface area (Å²) in [5, 5.41) is 14.2. The largest absolute Gasteiger partial charge is 0.497 e. The third kappa shape index (κ3) is 1.87. The Labute approximate surface area is 121 Å². The van der Waals surface area contributed by atoms with E-state index in [0.717, 1.165) is 25.1 Å². The molecule has 0 spiro atoms. The minimum absolute atomic E-state index is 0.113. The Morgan fingerprint density at radius 3 is 2.50 bits per heavy atom. The van der Waals surface area contributed by atoms with E-state index < -0.39 is 0 Å². The lowest BCUT2D eigenvalue weighted by Crippen LogP contribution is -2.57. The Kier molecular flexibility index (Phi) is 3.30. The zero-order valence-electron chi connectivity index (χ0n) is 12.6. The molecule has 1 aromatic carbocycles. The number of hydrogen-bond donors (Lipinski definition) is 2. The topological polar surface area (TPSA) is 41.5 Å². The van der Waals surface area contributed by atoms with E-state index >= 15 is 0 Å². The van der Waals surface area contributed by atoms with Gasteiger partial charge < -0.3 is 15.2 Å². The van der Waals surface area contributed by atoms with Crippen LogP contribution in [0.1, 0.15) is 38.7 Å². The Balaban J connectivity index is 1.73. The van der Waals surface area contributed by atoms with Crippen molar-refractivity contribution in [3.8, 4) is 5.75 Å². The average molecular weight is 275 g/mol. The van der Waals surface area contributed by atoms with E-state index in [0.29, 0.717) is 5.92 Å². The Hall–Kier alpha value is -1.06. The molecule has 0 saturated heterocycles. The van der Waals surface area contributed by atoms with Gasteiger partial charge in [-0.15, -0.1) is 0 Å². The summed E-state index contributed by atoms with van der Waals surface area (Å²) < 4.78 is 5.18. The van der Waals surface area contributed by atoms with Crippen molar-refractivity contribution in [3.63, 3.8) is 0 Å². The molecule has 3 heteroatoms. The second-order valence-electron chi connectivity index (χ2n) is 6.88. The SMILES string of the molecule is COc1ccc(CN[C@]23CC[C@H](C[C@H]2O)C3(C)C)cc1. The van der Waals surface area contributed by atoms with Crippen LogP contribution in [-0.2, 0) is 6.54 Å². The molecule has 2 N–H and O–H groups in total. The fraction of sp³-hybridized carbons (Fsp3) is 0.647. The predicted octanol–water partition coefficient (Wildman–Crippen LogP) is 2.72. The first kappa shape index (κ1) is 13.9. The van der Waals surface area contributed by atoms with Crippen LogP contribution in [0.5, 0.6) is 5.75 Å². The van der Waals surface area contributed by atoms with E-state index in [1.165, 1.54) is 12.0 Å². The third-order valence-corrected chi connectivity index (χ3v) is 5.90. The Bertz CT molecular complexity index is 482. The van der Waals surface area contributed by atoms with Crippen molar-refractivity contribution < 1.29 is 9.84 Å². The number of benzene rings is 1. The summed E-state index contributed by atoms with van der Waals surface area (Å²) in [4.78, 5) is 0. The van der Waals surface area contributed by atoms with Crippen molar-refractivity contribution in [2.24, 2.45) is 11.3 Å². The van der Waals surface area contributed by atoms with Crippen LogP contribution in [0.2, 0.25) is 0 Å². The molecule has 0 amide bonds.